The standard InChI is InChI=1S/C34H21IO/c35-29-18-16-23(17-19-29)27-15-11-24-10-14-26(20-28(24)21-27)22-8-12-25(13-9-22)30-5-3-6-32-31-4-1-2-7-33(31)36-34(30)32/h1-21H. The van der Waals surface area contributed by atoms with Gasteiger partial charge in [0.1, 0.15) is 11.2 Å². The van der Waals surface area contributed by atoms with E-state index in [4.69, 9.17) is 4.42 Å². The first-order chi connectivity index (χ1) is 17.7. The quantitative estimate of drug-likeness (QED) is 0.192. The van der Waals surface area contributed by atoms with E-state index < -0.39 is 0 Å². The number of fused-ring (bicyclic) bond motifs is 4. The minimum absolute atomic E-state index is 0.928. The Kier molecular flexibility index (Phi) is 5.14. The van der Waals surface area contributed by atoms with Crippen LogP contribution in [-0.2, 0) is 0 Å². The Hall–Kier alpha value is -3.89. The minimum Gasteiger partial charge on any atom is -0.455 e. The van der Waals surface area contributed by atoms with Gasteiger partial charge in [-0.1, -0.05) is 97.1 Å². The van der Waals surface area contributed by atoms with Gasteiger partial charge >= 0.3 is 0 Å². The van der Waals surface area contributed by atoms with Crippen LogP contribution in [0.25, 0.3) is 66.1 Å². The minimum atomic E-state index is 0.928. The van der Waals surface area contributed by atoms with E-state index >= 15 is 0 Å². The van der Waals surface area contributed by atoms with Gasteiger partial charge < -0.3 is 4.42 Å². The molecule has 0 fully saturated rings. The van der Waals surface area contributed by atoms with Crippen molar-refractivity contribution in [3.8, 4) is 33.4 Å². The predicted octanol–water partition coefficient (Wildman–Crippen LogP) is 10.3. The first-order valence-electron chi connectivity index (χ1n) is 12.0. The number of halogens is 1. The summed E-state index contributed by atoms with van der Waals surface area (Å²) in [5.41, 5.74) is 9.06. The van der Waals surface area contributed by atoms with Gasteiger partial charge in [-0.05, 0) is 91.5 Å². The van der Waals surface area contributed by atoms with Gasteiger partial charge in [0.15, 0.2) is 0 Å². The van der Waals surface area contributed by atoms with Gasteiger partial charge in [0, 0.05) is 19.9 Å². The van der Waals surface area contributed by atoms with E-state index in [9.17, 15) is 0 Å². The summed E-state index contributed by atoms with van der Waals surface area (Å²) in [6.07, 6.45) is 0. The van der Waals surface area contributed by atoms with Gasteiger partial charge in [-0.15, -0.1) is 0 Å². The molecule has 0 N–H and O–H groups in total. The predicted molar refractivity (Wildman–Crippen MR) is 160 cm³/mol. The summed E-state index contributed by atoms with van der Waals surface area (Å²) < 4.78 is 7.50. The van der Waals surface area contributed by atoms with Crippen LogP contribution in [0.15, 0.2) is 132 Å². The lowest BCUT2D eigenvalue weighted by atomic mass is 9.96. The maximum Gasteiger partial charge on any atom is 0.143 e. The zero-order valence-corrected chi connectivity index (χ0v) is 21.6. The van der Waals surface area contributed by atoms with E-state index in [0.717, 1.165) is 33.1 Å². The average Bonchev–Trinajstić information content (AvgIpc) is 3.32. The van der Waals surface area contributed by atoms with Crippen molar-refractivity contribution in [3.05, 3.63) is 131 Å². The number of hydrogen-bond donors (Lipinski definition) is 0. The van der Waals surface area contributed by atoms with Crippen LogP contribution in [0.5, 0.6) is 0 Å². The summed E-state index contributed by atoms with van der Waals surface area (Å²) in [4.78, 5) is 0. The Labute approximate surface area is 223 Å². The van der Waals surface area contributed by atoms with Gasteiger partial charge in [0.2, 0.25) is 0 Å². The fourth-order valence-corrected chi connectivity index (χ4v) is 5.42. The van der Waals surface area contributed by atoms with E-state index in [0.29, 0.717) is 0 Å². The fourth-order valence-electron chi connectivity index (χ4n) is 5.06. The Bertz CT molecular complexity index is 1880. The monoisotopic (exact) mass is 572 g/mol. The van der Waals surface area contributed by atoms with Crippen molar-refractivity contribution < 1.29 is 4.42 Å². The van der Waals surface area contributed by atoms with E-state index in [1.165, 1.54) is 36.6 Å². The maximum atomic E-state index is 6.25. The lowest BCUT2D eigenvalue weighted by Gasteiger charge is -2.09. The highest BCUT2D eigenvalue weighted by molar-refractivity contribution is 14.1. The molecule has 6 aromatic carbocycles. The van der Waals surface area contributed by atoms with Crippen molar-refractivity contribution in [2.24, 2.45) is 0 Å². The van der Waals surface area contributed by atoms with Crippen LogP contribution in [0.2, 0.25) is 0 Å². The van der Waals surface area contributed by atoms with Crippen molar-refractivity contribution in [2.75, 3.05) is 0 Å². The number of furan rings is 1. The van der Waals surface area contributed by atoms with E-state index in [1.54, 1.807) is 0 Å². The molecule has 7 aromatic rings. The second-order valence-electron chi connectivity index (χ2n) is 9.14. The molecule has 0 atom stereocenters. The highest BCUT2D eigenvalue weighted by Crippen LogP contribution is 2.36. The van der Waals surface area contributed by atoms with Gasteiger partial charge in [-0.3, -0.25) is 0 Å². The smallest absolute Gasteiger partial charge is 0.143 e. The first kappa shape index (κ1) is 21.4. The van der Waals surface area contributed by atoms with Crippen molar-refractivity contribution in [3.63, 3.8) is 0 Å². The zero-order chi connectivity index (χ0) is 24.1. The van der Waals surface area contributed by atoms with Crippen molar-refractivity contribution >= 4 is 55.3 Å². The molecule has 1 nitrogen and oxygen atoms in total. The van der Waals surface area contributed by atoms with Crippen molar-refractivity contribution in [1.29, 1.82) is 0 Å². The highest BCUT2D eigenvalue weighted by atomic mass is 127. The largest absolute Gasteiger partial charge is 0.455 e. The Morgan fingerprint density at radius 2 is 1.03 bits per heavy atom. The molecule has 1 heterocycles. The van der Waals surface area contributed by atoms with Crippen LogP contribution in [0.1, 0.15) is 0 Å². The highest BCUT2D eigenvalue weighted by Gasteiger charge is 2.12. The SMILES string of the molecule is Ic1ccc(-c2ccc3ccc(-c4ccc(-c5cccc6c5oc5ccccc56)cc4)cc3c2)cc1. The molecule has 0 aliphatic rings. The number of benzene rings is 6. The molecule has 0 aliphatic heterocycles. The molecule has 0 saturated carbocycles. The van der Waals surface area contributed by atoms with Gasteiger partial charge in [0.25, 0.3) is 0 Å². The van der Waals surface area contributed by atoms with Gasteiger partial charge in [-0.2, -0.15) is 0 Å². The molecular weight excluding hydrogens is 551 g/mol. The molecule has 0 radical (unpaired) electrons. The van der Waals surface area contributed by atoms with Crippen molar-refractivity contribution in [2.45, 2.75) is 0 Å². The molecular formula is C34H21IO. The number of hydrogen-bond acceptors (Lipinski definition) is 1. The van der Waals surface area contributed by atoms with Gasteiger partial charge in [-0.25, -0.2) is 0 Å². The summed E-state index contributed by atoms with van der Waals surface area (Å²) in [6.45, 7) is 0. The van der Waals surface area contributed by atoms with E-state index in [2.05, 4.69) is 138 Å². The summed E-state index contributed by atoms with van der Waals surface area (Å²) >= 11 is 2.35. The molecule has 1 aromatic heterocycles. The lowest BCUT2D eigenvalue weighted by molar-refractivity contribution is 0.670. The Balaban J connectivity index is 1.26. The van der Waals surface area contributed by atoms with Crippen molar-refractivity contribution in [1.82, 2.24) is 0 Å². The molecule has 0 spiro atoms. The van der Waals surface area contributed by atoms with Crippen LogP contribution in [0.4, 0.5) is 0 Å². The molecule has 0 aliphatic carbocycles. The van der Waals surface area contributed by atoms with Crippen LogP contribution in [-0.4, -0.2) is 0 Å². The molecule has 36 heavy (non-hydrogen) atoms. The summed E-state index contributed by atoms with van der Waals surface area (Å²) in [7, 11) is 0. The molecule has 0 unspecified atom stereocenters. The Morgan fingerprint density at radius 1 is 0.444 bits per heavy atom. The van der Waals surface area contributed by atoms with Crippen LogP contribution < -0.4 is 0 Å². The molecule has 170 valence electrons. The molecule has 2 heteroatoms. The third kappa shape index (κ3) is 3.69. The number of rotatable bonds is 3. The zero-order valence-electron chi connectivity index (χ0n) is 19.4. The summed E-state index contributed by atoms with van der Waals surface area (Å²) in [5, 5.41) is 4.82. The second-order valence-corrected chi connectivity index (χ2v) is 10.4. The topological polar surface area (TPSA) is 13.1 Å². The molecule has 0 saturated heterocycles. The average molecular weight is 572 g/mol. The fraction of sp³-hybridized carbons (Fsp3) is 0. The second kappa shape index (κ2) is 8.65. The van der Waals surface area contributed by atoms with Gasteiger partial charge in [0.05, 0.1) is 0 Å². The van der Waals surface area contributed by atoms with Crippen LogP contribution in [0, 0.1) is 3.57 Å². The molecule has 0 bridgehead atoms. The summed E-state index contributed by atoms with van der Waals surface area (Å²) in [6, 6.07) is 45.6. The third-order valence-corrected chi connectivity index (χ3v) is 7.67. The summed E-state index contributed by atoms with van der Waals surface area (Å²) in [5.74, 6) is 0. The van der Waals surface area contributed by atoms with Crippen LogP contribution >= 0.6 is 22.6 Å². The normalized spacial score (nSPS) is 11.5. The lowest BCUT2D eigenvalue weighted by Crippen LogP contribution is -1.83. The Morgan fingerprint density at radius 3 is 1.75 bits per heavy atom. The van der Waals surface area contributed by atoms with Crippen LogP contribution in [0.3, 0.4) is 0 Å². The maximum absolute atomic E-state index is 6.25. The van der Waals surface area contributed by atoms with E-state index in [-0.39, 0.29) is 0 Å². The number of para-hydroxylation sites is 2. The first-order valence-corrected chi connectivity index (χ1v) is 13.1. The third-order valence-electron chi connectivity index (χ3n) is 6.95. The molecule has 7 rings (SSSR count). The van der Waals surface area contributed by atoms with E-state index in [1.807, 2.05) is 12.1 Å². The molecule has 0 amide bonds.